The number of nitrogens with zero attached hydrogens (tertiary/aromatic N) is 3. The number of benzene rings is 1. The van der Waals surface area contributed by atoms with E-state index in [1.165, 1.54) is 11.3 Å². The van der Waals surface area contributed by atoms with E-state index in [1.54, 1.807) is 10.2 Å². The average Bonchev–Trinajstić information content (AvgIpc) is 3.05. The summed E-state index contributed by atoms with van der Waals surface area (Å²) in [5.74, 6) is 0.463. The van der Waals surface area contributed by atoms with Crippen molar-refractivity contribution in [1.82, 2.24) is 14.8 Å². The van der Waals surface area contributed by atoms with Crippen LogP contribution in [0.15, 0.2) is 40.3 Å². The third-order valence-electron chi connectivity index (χ3n) is 3.08. The minimum absolute atomic E-state index is 0.170. The van der Waals surface area contributed by atoms with Crippen molar-refractivity contribution in [2.75, 3.05) is 5.32 Å². The summed E-state index contributed by atoms with van der Waals surface area (Å²) >= 11 is 4.78. The predicted molar refractivity (Wildman–Crippen MR) is 90.8 cm³/mol. The molecule has 2 aromatic heterocycles. The molecule has 0 fully saturated rings. The number of nitrogens with one attached hydrogen (secondary N) is 1. The summed E-state index contributed by atoms with van der Waals surface area (Å²) in [7, 11) is 0. The van der Waals surface area contributed by atoms with Gasteiger partial charge >= 0.3 is 0 Å². The Morgan fingerprint density at radius 1 is 1.32 bits per heavy atom. The number of carbonyl (C=O) groups is 1. The van der Waals surface area contributed by atoms with Gasteiger partial charge in [0, 0.05) is 10.5 Å². The molecular weight excluding hydrogens is 364 g/mol. The topological polar surface area (TPSA) is 59.8 Å². The smallest absolute Gasteiger partial charge is 0.268 e. The van der Waals surface area contributed by atoms with E-state index in [1.807, 2.05) is 44.2 Å². The van der Waals surface area contributed by atoms with E-state index < -0.39 is 0 Å². The number of hydrogen-bond acceptors (Lipinski definition) is 4. The van der Waals surface area contributed by atoms with Crippen molar-refractivity contribution in [1.29, 1.82) is 0 Å². The lowest BCUT2D eigenvalue weighted by Gasteiger charge is -2.08. The molecule has 0 aliphatic rings. The van der Waals surface area contributed by atoms with Gasteiger partial charge in [-0.25, -0.2) is 9.67 Å². The molecule has 0 saturated heterocycles. The van der Waals surface area contributed by atoms with Gasteiger partial charge in [-0.1, -0.05) is 22.0 Å². The van der Waals surface area contributed by atoms with Gasteiger partial charge in [0.25, 0.3) is 5.91 Å². The highest BCUT2D eigenvalue weighted by atomic mass is 79.9. The standard InChI is InChI=1S/C15H13BrN4OS/c1-9-6-13(18-15(21)14-10(2)17-8-22-14)20(19-9)12-5-3-4-11(16)7-12/h3-8H,1-2H3,(H,18,21). The lowest BCUT2D eigenvalue weighted by Crippen LogP contribution is -2.15. The van der Waals surface area contributed by atoms with Crippen LogP contribution in [0.3, 0.4) is 0 Å². The number of rotatable bonds is 3. The van der Waals surface area contributed by atoms with Gasteiger partial charge in [-0.05, 0) is 32.0 Å². The second-order valence-electron chi connectivity index (χ2n) is 4.78. The summed E-state index contributed by atoms with van der Waals surface area (Å²) in [6.45, 7) is 3.71. The first-order valence-electron chi connectivity index (χ1n) is 6.58. The summed E-state index contributed by atoms with van der Waals surface area (Å²) in [6.07, 6.45) is 0. The minimum Gasteiger partial charge on any atom is -0.306 e. The van der Waals surface area contributed by atoms with Gasteiger partial charge < -0.3 is 5.32 Å². The molecule has 22 heavy (non-hydrogen) atoms. The molecule has 1 N–H and O–H groups in total. The first kappa shape index (κ1) is 14.9. The molecule has 0 bridgehead atoms. The lowest BCUT2D eigenvalue weighted by molar-refractivity contribution is 0.102. The average molecular weight is 377 g/mol. The van der Waals surface area contributed by atoms with Crippen LogP contribution in [0.1, 0.15) is 21.1 Å². The molecule has 0 unspecified atom stereocenters. The van der Waals surface area contributed by atoms with E-state index in [0.29, 0.717) is 10.7 Å². The summed E-state index contributed by atoms with van der Waals surface area (Å²) in [4.78, 5) is 17.1. The molecule has 3 rings (SSSR count). The van der Waals surface area contributed by atoms with Crippen molar-refractivity contribution in [3.63, 3.8) is 0 Å². The molecule has 2 heterocycles. The summed E-state index contributed by atoms with van der Waals surface area (Å²) in [5.41, 5.74) is 4.10. The van der Waals surface area contributed by atoms with E-state index >= 15 is 0 Å². The molecule has 1 amide bonds. The van der Waals surface area contributed by atoms with Crippen LogP contribution < -0.4 is 5.32 Å². The second kappa shape index (κ2) is 6.02. The molecule has 0 radical (unpaired) electrons. The van der Waals surface area contributed by atoms with E-state index in [9.17, 15) is 4.79 Å². The Kier molecular flexibility index (Phi) is 4.08. The highest BCUT2D eigenvalue weighted by molar-refractivity contribution is 9.10. The van der Waals surface area contributed by atoms with Crippen LogP contribution in [0.4, 0.5) is 5.82 Å². The number of hydrogen-bond donors (Lipinski definition) is 1. The van der Waals surface area contributed by atoms with Gasteiger partial charge in [-0.2, -0.15) is 5.10 Å². The molecule has 0 spiro atoms. The highest BCUT2D eigenvalue weighted by Gasteiger charge is 2.15. The third-order valence-corrected chi connectivity index (χ3v) is 4.50. The van der Waals surface area contributed by atoms with Gasteiger partial charge in [-0.3, -0.25) is 4.79 Å². The fourth-order valence-corrected chi connectivity index (χ4v) is 3.17. The fraction of sp³-hybridized carbons (Fsp3) is 0.133. The fourth-order valence-electron chi connectivity index (χ4n) is 2.09. The Hall–Kier alpha value is -1.99. The quantitative estimate of drug-likeness (QED) is 0.752. The van der Waals surface area contributed by atoms with Crippen molar-refractivity contribution >= 4 is 39.0 Å². The third kappa shape index (κ3) is 2.95. The maximum atomic E-state index is 12.4. The summed E-state index contributed by atoms with van der Waals surface area (Å²) < 4.78 is 2.67. The van der Waals surface area contributed by atoms with Gasteiger partial charge in [0.05, 0.1) is 22.6 Å². The van der Waals surface area contributed by atoms with Crippen LogP contribution in [0.25, 0.3) is 5.69 Å². The zero-order valence-electron chi connectivity index (χ0n) is 12.0. The number of aromatic nitrogens is 3. The molecule has 112 valence electrons. The maximum Gasteiger partial charge on any atom is 0.268 e. The van der Waals surface area contributed by atoms with E-state index in [-0.39, 0.29) is 5.91 Å². The highest BCUT2D eigenvalue weighted by Crippen LogP contribution is 2.22. The predicted octanol–water partition coefficient (Wildman–Crippen LogP) is 3.96. The van der Waals surface area contributed by atoms with Crippen molar-refractivity contribution in [2.45, 2.75) is 13.8 Å². The number of anilines is 1. The van der Waals surface area contributed by atoms with Crippen LogP contribution in [0, 0.1) is 13.8 Å². The number of carbonyl (C=O) groups excluding carboxylic acids is 1. The molecule has 0 aliphatic heterocycles. The molecule has 0 saturated carbocycles. The molecule has 3 aromatic rings. The number of amides is 1. The van der Waals surface area contributed by atoms with Gasteiger partial charge in [0.15, 0.2) is 0 Å². The zero-order valence-corrected chi connectivity index (χ0v) is 14.4. The largest absolute Gasteiger partial charge is 0.306 e. The van der Waals surface area contributed by atoms with E-state index in [2.05, 4.69) is 31.3 Å². The van der Waals surface area contributed by atoms with Crippen LogP contribution >= 0.6 is 27.3 Å². The number of aryl methyl sites for hydroxylation is 2. The van der Waals surface area contributed by atoms with Crippen molar-refractivity contribution < 1.29 is 4.79 Å². The monoisotopic (exact) mass is 376 g/mol. The van der Waals surface area contributed by atoms with Crippen molar-refractivity contribution in [3.05, 3.63) is 56.6 Å². The van der Waals surface area contributed by atoms with Crippen LogP contribution in [-0.4, -0.2) is 20.7 Å². The Balaban J connectivity index is 1.95. The Labute approximate surface area is 140 Å². The van der Waals surface area contributed by atoms with Crippen molar-refractivity contribution in [3.8, 4) is 5.69 Å². The van der Waals surface area contributed by atoms with Gasteiger partial charge in [0.2, 0.25) is 0 Å². The molecule has 5 nitrogen and oxygen atoms in total. The van der Waals surface area contributed by atoms with E-state index in [4.69, 9.17) is 0 Å². The molecule has 1 aromatic carbocycles. The minimum atomic E-state index is -0.170. The lowest BCUT2D eigenvalue weighted by atomic mass is 10.3. The first-order chi connectivity index (χ1) is 10.5. The Morgan fingerprint density at radius 3 is 2.82 bits per heavy atom. The molecular formula is C15H13BrN4OS. The van der Waals surface area contributed by atoms with E-state index in [0.717, 1.165) is 21.5 Å². The number of thiazole rings is 1. The van der Waals surface area contributed by atoms with Gasteiger partial charge in [0.1, 0.15) is 10.7 Å². The first-order valence-corrected chi connectivity index (χ1v) is 8.26. The summed E-state index contributed by atoms with van der Waals surface area (Å²) in [6, 6.07) is 9.59. The molecule has 7 heteroatoms. The van der Waals surface area contributed by atoms with Crippen LogP contribution in [0.2, 0.25) is 0 Å². The zero-order chi connectivity index (χ0) is 15.7. The molecule has 0 atom stereocenters. The van der Waals surface area contributed by atoms with Crippen LogP contribution in [-0.2, 0) is 0 Å². The second-order valence-corrected chi connectivity index (χ2v) is 6.55. The van der Waals surface area contributed by atoms with Crippen LogP contribution in [0.5, 0.6) is 0 Å². The van der Waals surface area contributed by atoms with Gasteiger partial charge in [-0.15, -0.1) is 11.3 Å². The Morgan fingerprint density at radius 2 is 2.14 bits per heavy atom. The summed E-state index contributed by atoms with van der Waals surface area (Å²) in [5, 5.41) is 7.36. The Bertz CT molecular complexity index is 840. The SMILES string of the molecule is Cc1cc(NC(=O)c2scnc2C)n(-c2cccc(Br)c2)n1. The number of halogens is 1. The molecule has 0 aliphatic carbocycles. The van der Waals surface area contributed by atoms with Crippen molar-refractivity contribution in [2.24, 2.45) is 0 Å². The normalized spacial score (nSPS) is 10.7. The maximum absolute atomic E-state index is 12.4.